The Balaban J connectivity index is 1.99. The number of aliphatic carboxylic acids is 1. The first kappa shape index (κ1) is 19.5. The summed E-state index contributed by atoms with van der Waals surface area (Å²) in [6, 6.07) is 15.4. The van der Waals surface area contributed by atoms with Gasteiger partial charge in [-0.15, -0.1) is 0 Å². The minimum absolute atomic E-state index is 0.172. The number of amides is 1. The lowest BCUT2D eigenvalue weighted by atomic mass is 10.0. The van der Waals surface area contributed by atoms with Crippen LogP contribution >= 0.6 is 0 Å². The smallest absolute Gasteiger partial charge is 0.305 e. The maximum absolute atomic E-state index is 12.5. The zero-order valence-electron chi connectivity index (χ0n) is 15.0. The third kappa shape index (κ3) is 6.24. The number of carboxylic acids is 1. The van der Waals surface area contributed by atoms with E-state index in [4.69, 9.17) is 9.84 Å². The first-order valence-electron chi connectivity index (χ1n) is 8.90. The van der Waals surface area contributed by atoms with Crippen molar-refractivity contribution in [3.63, 3.8) is 0 Å². The average molecular weight is 355 g/mol. The molecule has 26 heavy (non-hydrogen) atoms. The molecule has 0 aliphatic heterocycles. The number of hydrogen-bond donors (Lipinski definition) is 2. The van der Waals surface area contributed by atoms with Crippen molar-refractivity contribution in [3.8, 4) is 5.75 Å². The minimum Gasteiger partial charge on any atom is -0.494 e. The molecule has 2 N–H and O–H groups in total. The maximum Gasteiger partial charge on any atom is 0.305 e. The van der Waals surface area contributed by atoms with E-state index >= 15 is 0 Å². The zero-order valence-corrected chi connectivity index (χ0v) is 15.0. The standard InChI is InChI=1S/C21H25NO4/c1-2-3-7-14-26-18-12-10-17(11-13-18)21(25)22-19(15-20(23)24)16-8-5-4-6-9-16/h4-6,8-13,19H,2-3,7,14-15H2,1H3,(H,22,25)(H,23,24). The van der Waals surface area contributed by atoms with Crippen molar-refractivity contribution in [1.82, 2.24) is 5.32 Å². The van der Waals surface area contributed by atoms with Crippen LogP contribution in [0, 0.1) is 0 Å². The second-order valence-electron chi connectivity index (χ2n) is 6.11. The van der Waals surface area contributed by atoms with Crippen LogP contribution in [0.4, 0.5) is 0 Å². The normalized spacial score (nSPS) is 11.6. The van der Waals surface area contributed by atoms with Gasteiger partial charge in [0.2, 0.25) is 0 Å². The lowest BCUT2D eigenvalue weighted by Crippen LogP contribution is -2.30. The van der Waals surface area contributed by atoms with E-state index in [9.17, 15) is 9.59 Å². The van der Waals surface area contributed by atoms with E-state index in [1.807, 2.05) is 18.2 Å². The highest BCUT2D eigenvalue weighted by atomic mass is 16.5. The molecule has 0 fully saturated rings. The van der Waals surface area contributed by atoms with Crippen LogP contribution in [0.25, 0.3) is 0 Å². The SMILES string of the molecule is CCCCCOc1ccc(C(=O)NC(CC(=O)O)c2ccccc2)cc1. The van der Waals surface area contributed by atoms with E-state index in [0.717, 1.165) is 30.6 Å². The molecule has 0 radical (unpaired) electrons. The van der Waals surface area contributed by atoms with E-state index in [-0.39, 0.29) is 12.3 Å². The number of benzene rings is 2. The minimum atomic E-state index is -0.963. The highest BCUT2D eigenvalue weighted by molar-refractivity contribution is 5.94. The molecular formula is C21H25NO4. The van der Waals surface area contributed by atoms with E-state index in [2.05, 4.69) is 12.2 Å². The van der Waals surface area contributed by atoms with Gasteiger partial charge in [0.15, 0.2) is 0 Å². The van der Waals surface area contributed by atoms with Gasteiger partial charge in [-0.1, -0.05) is 50.1 Å². The van der Waals surface area contributed by atoms with Crippen molar-refractivity contribution in [3.05, 3.63) is 65.7 Å². The predicted octanol–water partition coefficient (Wildman–Crippen LogP) is 4.20. The van der Waals surface area contributed by atoms with Gasteiger partial charge in [-0.3, -0.25) is 9.59 Å². The predicted molar refractivity (Wildman–Crippen MR) is 100 cm³/mol. The fourth-order valence-corrected chi connectivity index (χ4v) is 2.60. The molecule has 0 aliphatic carbocycles. The van der Waals surface area contributed by atoms with Crippen molar-refractivity contribution in [1.29, 1.82) is 0 Å². The van der Waals surface area contributed by atoms with Crippen LogP contribution in [0.3, 0.4) is 0 Å². The highest BCUT2D eigenvalue weighted by Crippen LogP contribution is 2.18. The monoisotopic (exact) mass is 355 g/mol. The van der Waals surface area contributed by atoms with Gasteiger partial charge in [0.25, 0.3) is 5.91 Å². The van der Waals surface area contributed by atoms with Gasteiger partial charge in [-0.2, -0.15) is 0 Å². The van der Waals surface area contributed by atoms with Crippen LogP contribution in [0.15, 0.2) is 54.6 Å². The molecule has 2 aromatic rings. The number of ether oxygens (including phenoxy) is 1. The Kier molecular flexibility index (Phi) is 7.68. The molecule has 1 unspecified atom stereocenters. The lowest BCUT2D eigenvalue weighted by Gasteiger charge is -2.17. The molecule has 0 bridgehead atoms. The number of nitrogens with one attached hydrogen (secondary N) is 1. The Morgan fingerprint density at radius 2 is 1.73 bits per heavy atom. The van der Waals surface area contributed by atoms with Crippen molar-refractivity contribution in [2.45, 2.75) is 38.6 Å². The Morgan fingerprint density at radius 1 is 1.04 bits per heavy atom. The topological polar surface area (TPSA) is 75.6 Å². The van der Waals surface area contributed by atoms with Crippen LogP contribution in [0.1, 0.15) is 54.6 Å². The summed E-state index contributed by atoms with van der Waals surface area (Å²) in [6.07, 6.45) is 3.10. The third-order valence-electron chi connectivity index (χ3n) is 4.02. The highest BCUT2D eigenvalue weighted by Gasteiger charge is 2.18. The Labute approximate surface area is 154 Å². The fraction of sp³-hybridized carbons (Fsp3) is 0.333. The summed E-state index contributed by atoms with van der Waals surface area (Å²) >= 11 is 0. The largest absolute Gasteiger partial charge is 0.494 e. The Bertz CT molecular complexity index is 698. The van der Waals surface area contributed by atoms with Gasteiger partial charge >= 0.3 is 5.97 Å². The maximum atomic E-state index is 12.5. The van der Waals surface area contributed by atoms with Crippen LogP contribution in [-0.4, -0.2) is 23.6 Å². The zero-order chi connectivity index (χ0) is 18.8. The third-order valence-corrected chi connectivity index (χ3v) is 4.02. The summed E-state index contributed by atoms with van der Waals surface area (Å²) in [4.78, 5) is 23.6. The number of unbranched alkanes of at least 4 members (excludes halogenated alkanes) is 2. The first-order valence-corrected chi connectivity index (χ1v) is 8.90. The summed E-state index contributed by atoms with van der Waals surface area (Å²) in [5.74, 6) is -0.546. The van der Waals surface area contributed by atoms with Crippen molar-refractivity contribution in [2.75, 3.05) is 6.61 Å². The van der Waals surface area contributed by atoms with Gasteiger partial charge in [-0.05, 0) is 36.2 Å². The molecule has 5 heteroatoms. The van der Waals surface area contributed by atoms with E-state index in [0.29, 0.717) is 12.2 Å². The average Bonchev–Trinajstić information content (AvgIpc) is 2.65. The number of carbonyl (C=O) groups excluding carboxylic acids is 1. The number of carboxylic acid groups (broad SMARTS) is 1. The van der Waals surface area contributed by atoms with Crippen LogP contribution in [0.5, 0.6) is 5.75 Å². The van der Waals surface area contributed by atoms with Crippen molar-refractivity contribution in [2.24, 2.45) is 0 Å². The molecule has 0 saturated carbocycles. The molecule has 138 valence electrons. The molecule has 1 amide bonds. The van der Waals surface area contributed by atoms with Crippen LogP contribution < -0.4 is 10.1 Å². The summed E-state index contributed by atoms with van der Waals surface area (Å²) in [5.41, 5.74) is 1.23. The molecule has 2 rings (SSSR count). The molecule has 0 spiro atoms. The Hall–Kier alpha value is -2.82. The first-order chi connectivity index (χ1) is 12.6. The van der Waals surface area contributed by atoms with Gasteiger partial charge in [-0.25, -0.2) is 0 Å². The molecule has 0 aliphatic rings. The summed E-state index contributed by atoms with van der Waals surface area (Å²) in [7, 11) is 0. The van der Waals surface area contributed by atoms with Crippen LogP contribution in [-0.2, 0) is 4.79 Å². The Morgan fingerprint density at radius 3 is 2.35 bits per heavy atom. The molecule has 5 nitrogen and oxygen atoms in total. The summed E-state index contributed by atoms with van der Waals surface area (Å²) < 4.78 is 5.64. The quantitative estimate of drug-likeness (QED) is 0.626. The lowest BCUT2D eigenvalue weighted by molar-refractivity contribution is -0.137. The fourth-order valence-electron chi connectivity index (χ4n) is 2.60. The van der Waals surface area contributed by atoms with E-state index in [1.54, 1.807) is 36.4 Å². The number of rotatable bonds is 10. The van der Waals surface area contributed by atoms with Gasteiger partial charge < -0.3 is 15.2 Å². The van der Waals surface area contributed by atoms with E-state index < -0.39 is 12.0 Å². The van der Waals surface area contributed by atoms with Gasteiger partial charge in [0, 0.05) is 5.56 Å². The molecule has 0 aromatic heterocycles. The number of carbonyl (C=O) groups is 2. The van der Waals surface area contributed by atoms with Gasteiger partial charge in [0.1, 0.15) is 5.75 Å². The summed E-state index contributed by atoms with van der Waals surface area (Å²) in [5, 5.41) is 11.9. The summed E-state index contributed by atoms with van der Waals surface area (Å²) in [6.45, 7) is 2.80. The van der Waals surface area contributed by atoms with E-state index in [1.165, 1.54) is 0 Å². The second kappa shape index (κ2) is 10.2. The molecule has 1 atom stereocenters. The molecular weight excluding hydrogens is 330 g/mol. The van der Waals surface area contributed by atoms with Crippen molar-refractivity contribution >= 4 is 11.9 Å². The molecule has 0 heterocycles. The number of hydrogen-bond acceptors (Lipinski definition) is 3. The van der Waals surface area contributed by atoms with Gasteiger partial charge in [0.05, 0.1) is 19.1 Å². The second-order valence-corrected chi connectivity index (χ2v) is 6.11. The van der Waals surface area contributed by atoms with Crippen molar-refractivity contribution < 1.29 is 19.4 Å². The van der Waals surface area contributed by atoms with Crippen LogP contribution in [0.2, 0.25) is 0 Å². The molecule has 0 saturated heterocycles. The molecule has 2 aromatic carbocycles.